The van der Waals surface area contributed by atoms with Crippen LogP contribution in [0.3, 0.4) is 0 Å². The summed E-state index contributed by atoms with van der Waals surface area (Å²) in [5.41, 5.74) is 0.466. The summed E-state index contributed by atoms with van der Waals surface area (Å²) in [5, 5.41) is 1.89. The SMILES string of the molecule is COCn1ccsc1=Nc1cc(Br)cc(COS(C)(=O)=O)n1. The summed E-state index contributed by atoms with van der Waals surface area (Å²) in [6, 6.07) is 3.42. The van der Waals surface area contributed by atoms with Crippen LogP contribution in [0.15, 0.2) is 33.2 Å². The van der Waals surface area contributed by atoms with Gasteiger partial charge in [-0.05, 0) is 12.1 Å². The number of ether oxygens (including phenoxy) is 1. The monoisotopic (exact) mass is 407 g/mol. The van der Waals surface area contributed by atoms with Crippen molar-refractivity contribution in [1.82, 2.24) is 9.55 Å². The Balaban J connectivity index is 2.31. The summed E-state index contributed by atoms with van der Waals surface area (Å²) in [5.74, 6) is 0.453. The molecule has 120 valence electrons. The van der Waals surface area contributed by atoms with E-state index in [2.05, 4.69) is 25.9 Å². The number of pyridine rings is 1. The summed E-state index contributed by atoms with van der Waals surface area (Å²) < 4.78 is 34.5. The van der Waals surface area contributed by atoms with Crippen molar-refractivity contribution in [2.75, 3.05) is 13.4 Å². The van der Waals surface area contributed by atoms with E-state index in [1.54, 1.807) is 19.2 Å². The maximum atomic E-state index is 11.0. The first-order valence-corrected chi connectivity index (χ1v) is 9.55. The Labute approximate surface area is 140 Å². The van der Waals surface area contributed by atoms with Crippen LogP contribution in [0.2, 0.25) is 0 Å². The number of halogens is 1. The number of nitrogens with zero attached hydrogens (tertiary/aromatic N) is 3. The second-order valence-electron chi connectivity index (χ2n) is 4.29. The van der Waals surface area contributed by atoms with Crippen LogP contribution >= 0.6 is 27.3 Å². The van der Waals surface area contributed by atoms with Crippen molar-refractivity contribution in [3.05, 3.63) is 38.7 Å². The molecule has 0 atom stereocenters. The Morgan fingerprint density at radius 3 is 2.91 bits per heavy atom. The molecule has 0 saturated carbocycles. The topological polar surface area (TPSA) is 82.8 Å². The zero-order chi connectivity index (χ0) is 16.2. The van der Waals surface area contributed by atoms with E-state index >= 15 is 0 Å². The zero-order valence-electron chi connectivity index (χ0n) is 11.9. The van der Waals surface area contributed by atoms with Crippen LogP contribution in [0.4, 0.5) is 5.82 Å². The van der Waals surface area contributed by atoms with Crippen molar-refractivity contribution < 1.29 is 17.3 Å². The van der Waals surface area contributed by atoms with Gasteiger partial charge in [0, 0.05) is 23.2 Å². The van der Waals surface area contributed by atoms with Gasteiger partial charge in [-0.25, -0.2) is 9.98 Å². The third-order valence-electron chi connectivity index (χ3n) is 2.39. The molecule has 0 aliphatic heterocycles. The van der Waals surface area contributed by atoms with Crippen LogP contribution in [-0.4, -0.2) is 31.3 Å². The Morgan fingerprint density at radius 2 is 2.23 bits per heavy atom. The van der Waals surface area contributed by atoms with Crippen LogP contribution in [0.1, 0.15) is 5.69 Å². The van der Waals surface area contributed by atoms with Crippen molar-refractivity contribution in [3.8, 4) is 0 Å². The Hall–Kier alpha value is -1.07. The molecule has 0 saturated heterocycles. The van der Waals surface area contributed by atoms with Gasteiger partial charge < -0.3 is 4.74 Å². The molecule has 2 aromatic rings. The van der Waals surface area contributed by atoms with E-state index in [0.29, 0.717) is 18.2 Å². The molecule has 0 aliphatic carbocycles. The maximum absolute atomic E-state index is 11.0. The average molecular weight is 408 g/mol. The molecule has 0 radical (unpaired) electrons. The van der Waals surface area contributed by atoms with Gasteiger partial charge in [-0.2, -0.15) is 8.42 Å². The van der Waals surface area contributed by atoms with Gasteiger partial charge >= 0.3 is 0 Å². The number of hydrogen-bond donors (Lipinski definition) is 0. The van der Waals surface area contributed by atoms with E-state index in [-0.39, 0.29) is 6.61 Å². The van der Waals surface area contributed by atoms with E-state index in [9.17, 15) is 8.42 Å². The van der Waals surface area contributed by atoms with Gasteiger partial charge in [-0.1, -0.05) is 15.9 Å². The second kappa shape index (κ2) is 7.47. The minimum atomic E-state index is -3.52. The van der Waals surface area contributed by atoms with E-state index in [1.165, 1.54) is 11.3 Å². The summed E-state index contributed by atoms with van der Waals surface area (Å²) in [7, 11) is -1.91. The minimum absolute atomic E-state index is 0.136. The largest absolute Gasteiger partial charge is 0.364 e. The quantitative estimate of drug-likeness (QED) is 0.683. The molecular formula is C12H14BrN3O4S2. The molecule has 0 N–H and O–H groups in total. The lowest BCUT2D eigenvalue weighted by molar-refractivity contribution is 0.129. The van der Waals surface area contributed by atoms with E-state index in [0.717, 1.165) is 15.5 Å². The predicted octanol–water partition coefficient (Wildman–Crippen LogP) is 2.02. The average Bonchev–Trinajstić information content (AvgIpc) is 2.83. The van der Waals surface area contributed by atoms with Crippen LogP contribution in [0.5, 0.6) is 0 Å². The van der Waals surface area contributed by atoms with Crippen LogP contribution < -0.4 is 4.80 Å². The van der Waals surface area contributed by atoms with Gasteiger partial charge in [0.1, 0.15) is 13.3 Å². The van der Waals surface area contributed by atoms with Crippen molar-refractivity contribution in [2.45, 2.75) is 13.3 Å². The number of rotatable bonds is 6. The second-order valence-corrected chi connectivity index (χ2v) is 7.72. The van der Waals surface area contributed by atoms with E-state index < -0.39 is 10.1 Å². The molecule has 2 heterocycles. The van der Waals surface area contributed by atoms with Gasteiger partial charge in [0.2, 0.25) is 0 Å². The summed E-state index contributed by atoms with van der Waals surface area (Å²) >= 11 is 4.80. The van der Waals surface area contributed by atoms with Gasteiger partial charge in [0.15, 0.2) is 10.6 Å². The predicted molar refractivity (Wildman–Crippen MR) is 86.1 cm³/mol. The maximum Gasteiger partial charge on any atom is 0.264 e. The fourth-order valence-corrected chi connectivity index (χ4v) is 3.09. The Morgan fingerprint density at radius 1 is 1.45 bits per heavy atom. The summed E-state index contributed by atoms with van der Waals surface area (Å²) in [6.45, 7) is 0.254. The van der Waals surface area contributed by atoms with Gasteiger partial charge in [0.25, 0.3) is 10.1 Å². The van der Waals surface area contributed by atoms with Crippen LogP contribution in [-0.2, 0) is 32.4 Å². The summed E-state index contributed by atoms with van der Waals surface area (Å²) in [6.07, 6.45) is 2.86. The van der Waals surface area contributed by atoms with Gasteiger partial charge in [0.05, 0.1) is 11.9 Å². The molecule has 0 amide bonds. The lowest BCUT2D eigenvalue weighted by Crippen LogP contribution is -2.14. The van der Waals surface area contributed by atoms with E-state index in [1.807, 2.05) is 16.1 Å². The lowest BCUT2D eigenvalue weighted by atomic mass is 10.3. The van der Waals surface area contributed by atoms with Crippen LogP contribution in [0, 0.1) is 0 Å². The fraction of sp³-hybridized carbons (Fsp3) is 0.333. The molecule has 2 rings (SSSR count). The van der Waals surface area contributed by atoms with Crippen LogP contribution in [0.25, 0.3) is 0 Å². The molecule has 0 unspecified atom stereocenters. The molecule has 0 spiro atoms. The molecule has 0 bridgehead atoms. The van der Waals surface area contributed by atoms with Crippen molar-refractivity contribution in [2.24, 2.45) is 4.99 Å². The number of hydrogen-bond acceptors (Lipinski definition) is 7. The fourth-order valence-electron chi connectivity index (χ4n) is 1.56. The molecule has 0 aromatic carbocycles. The molecule has 10 heteroatoms. The highest BCUT2D eigenvalue weighted by Crippen LogP contribution is 2.19. The molecular weight excluding hydrogens is 394 g/mol. The number of methoxy groups -OCH3 is 1. The highest BCUT2D eigenvalue weighted by Gasteiger charge is 2.06. The third kappa shape index (κ3) is 5.29. The Kier molecular flexibility index (Phi) is 5.87. The van der Waals surface area contributed by atoms with Crippen molar-refractivity contribution in [1.29, 1.82) is 0 Å². The highest BCUT2D eigenvalue weighted by atomic mass is 79.9. The van der Waals surface area contributed by atoms with Gasteiger partial charge in [-0.3, -0.25) is 8.75 Å². The van der Waals surface area contributed by atoms with E-state index in [4.69, 9.17) is 8.92 Å². The first-order valence-electron chi connectivity index (χ1n) is 6.06. The molecule has 22 heavy (non-hydrogen) atoms. The molecule has 0 fully saturated rings. The first kappa shape index (κ1) is 17.3. The number of thiazole rings is 1. The molecule has 2 aromatic heterocycles. The molecule has 7 nitrogen and oxygen atoms in total. The Bertz CT molecular complexity index is 814. The lowest BCUT2D eigenvalue weighted by Gasteiger charge is -2.04. The molecule has 0 aliphatic rings. The normalized spacial score (nSPS) is 12.8. The standard InChI is InChI=1S/C12H14BrN3O4S2/c1-19-8-16-3-4-21-12(16)15-11-6-9(13)5-10(14-11)7-20-22(2,17)18/h3-6H,7-8H2,1-2H3. The van der Waals surface area contributed by atoms with Crippen molar-refractivity contribution in [3.63, 3.8) is 0 Å². The zero-order valence-corrected chi connectivity index (χ0v) is 15.1. The van der Waals surface area contributed by atoms with Crippen molar-refractivity contribution >= 4 is 43.2 Å². The first-order chi connectivity index (χ1) is 10.4. The third-order valence-corrected chi connectivity index (χ3v) is 4.19. The van der Waals surface area contributed by atoms with Gasteiger partial charge in [-0.15, -0.1) is 11.3 Å². The minimum Gasteiger partial charge on any atom is -0.364 e. The number of aromatic nitrogens is 2. The highest BCUT2D eigenvalue weighted by molar-refractivity contribution is 9.10. The smallest absolute Gasteiger partial charge is 0.264 e. The summed E-state index contributed by atoms with van der Waals surface area (Å²) in [4.78, 5) is 9.44.